The Morgan fingerprint density at radius 1 is 1.38 bits per heavy atom. The van der Waals surface area contributed by atoms with Crippen molar-refractivity contribution >= 4 is 5.97 Å². The molecule has 1 aliphatic heterocycles. The van der Waals surface area contributed by atoms with Crippen LogP contribution in [0.4, 0.5) is 0 Å². The minimum absolute atomic E-state index is 0.0893. The Kier molecular flexibility index (Phi) is 6.45. The Morgan fingerprint density at radius 2 is 2.12 bits per heavy atom. The molecule has 2 aliphatic rings. The van der Waals surface area contributed by atoms with E-state index in [9.17, 15) is 4.79 Å². The van der Waals surface area contributed by atoms with Crippen LogP contribution in [0.3, 0.4) is 0 Å². The van der Waals surface area contributed by atoms with Crippen molar-refractivity contribution in [3.63, 3.8) is 0 Å². The van der Waals surface area contributed by atoms with Gasteiger partial charge in [-0.1, -0.05) is 37.6 Å². The van der Waals surface area contributed by atoms with E-state index in [1.165, 1.54) is 5.57 Å². The van der Waals surface area contributed by atoms with Crippen LogP contribution in [0.5, 0.6) is 0 Å². The van der Waals surface area contributed by atoms with Gasteiger partial charge in [-0.15, -0.1) is 0 Å². The van der Waals surface area contributed by atoms with E-state index in [0.717, 1.165) is 37.7 Å². The summed E-state index contributed by atoms with van der Waals surface area (Å²) < 4.78 is 11.3. The van der Waals surface area contributed by atoms with Gasteiger partial charge in [-0.05, 0) is 57.4 Å². The van der Waals surface area contributed by atoms with Crippen molar-refractivity contribution in [2.75, 3.05) is 7.11 Å². The molecular formula is C21H32O3. The van der Waals surface area contributed by atoms with Gasteiger partial charge in [0.2, 0.25) is 0 Å². The van der Waals surface area contributed by atoms with Crippen LogP contribution in [0.15, 0.2) is 35.5 Å². The van der Waals surface area contributed by atoms with Gasteiger partial charge in [-0.3, -0.25) is 0 Å². The monoisotopic (exact) mass is 332 g/mol. The van der Waals surface area contributed by atoms with Crippen LogP contribution >= 0.6 is 0 Å². The van der Waals surface area contributed by atoms with Crippen LogP contribution in [0.1, 0.15) is 59.8 Å². The van der Waals surface area contributed by atoms with Crippen LogP contribution in [0, 0.1) is 11.8 Å². The highest BCUT2D eigenvalue weighted by molar-refractivity contribution is 5.90. The largest absolute Gasteiger partial charge is 0.454 e. The first-order valence-electron chi connectivity index (χ1n) is 9.15. The first-order valence-corrected chi connectivity index (χ1v) is 9.15. The Bertz CT molecular complexity index is 541. The molecule has 1 heterocycles. The van der Waals surface area contributed by atoms with Crippen molar-refractivity contribution in [3.05, 3.63) is 35.5 Å². The van der Waals surface area contributed by atoms with Crippen LogP contribution in [0.2, 0.25) is 0 Å². The molecule has 0 fully saturated rings. The molecule has 134 valence electrons. The van der Waals surface area contributed by atoms with Gasteiger partial charge < -0.3 is 9.47 Å². The van der Waals surface area contributed by atoms with Crippen molar-refractivity contribution in [2.24, 2.45) is 11.8 Å². The van der Waals surface area contributed by atoms with E-state index >= 15 is 0 Å². The normalized spacial score (nSPS) is 32.2. The number of carbonyl (C=O) groups excluding carboxylic acids is 1. The summed E-state index contributed by atoms with van der Waals surface area (Å²) in [4.78, 5) is 12.1. The number of carbonyl (C=O) groups is 1. The molecule has 3 atom stereocenters. The maximum absolute atomic E-state index is 12.1. The molecule has 0 aromatic heterocycles. The van der Waals surface area contributed by atoms with Gasteiger partial charge in [-0.25, -0.2) is 4.79 Å². The van der Waals surface area contributed by atoms with Crippen LogP contribution < -0.4 is 0 Å². The number of methoxy groups -OCH3 is 1. The summed E-state index contributed by atoms with van der Waals surface area (Å²) in [6.07, 6.45) is 13.2. The van der Waals surface area contributed by atoms with Crippen molar-refractivity contribution in [1.82, 2.24) is 0 Å². The number of hydrogen-bond acceptors (Lipinski definition) is 3. The number of fused-ring (bicyclic) bond motifs is 1. The fraction of sp³-hybridized carbons (Fsp3) is 0.667. The van der Waals surface area contributed by atoms with Gasteiger partial charge in [0, 0.05) is 19.1 Å². The van der Waals surface area contributed by atoms with Crippen molar-refractivity contribution < 1.29 is 14.3 Å². The van der Waals surface area contributed by atoms with E-state index in [-0.39, 0.29) is 17.7 Å². The topological polar surface area (TPSA) is 35.5 Å². The average molecular weight is 332 g/mol. The summed E-state index contributed by atoms with van der Waals surface area (Å²) in [6.45, 7) is 8.73. The molecule has 2 rings (SSSR count). The predicted octanol–water partition coefficient (Wildman–Crippen LogP) is 4.98. The number of hydrogen-bond donors (Lipinski definition) is 0. The third kappa shape index (κ3) is 5.07. The average Bonchev–Trinajstić information content (AvgIpc) is 2.85. The molecule has 0 saturated carbocycles. The zero-order chi connectivity index (χ0) is 17.7. The molecular weight excluding hydrogens is 300 g/mol. The summed E-state index contributed by atoms with van der Waals surface area (Å²) in [7, 11) is 1.78. The Morgan fingerprint density at radius 3 is 2.79 bits per heavy atom. The van der Waals surface area contributed by atoms with Gasteiger partial charge in [0.05, 0.1) is 5.60 Å². The Hall–Kier alpha value is -1.35. The summed E-state index contributed by atoms with van der Waals surface area (Å²) in [5, 5.41) is 0. The lowest BCUT2D eigenvalue weighted by atomic mass is 9.86. The molecule has 3 nitrogen and oxygen atoms in total. The van der Waals surface area contributed by atoms with E-state index < -0.39 is 0 Å². The standard InChI is InChI=1S/C21H32O3/c1-15(2)17-8-9-18-14-19(24-20(18)22)13-16(3)7-6-11-21(4,23-5)12-10-17/h7,10,12,14-15,17,19H,6,8-9,11,13H2,1-5H3. The first-order chi connectivity index (χ1) is 11.3. The highest BCUT2D eigenvalue weighted by Gasteiger charge is 2.27. The lowest BCUT2D eigenvalue weighted by Gasteiger charge is -2.26. The molecule has 2 bridgehead atoms. The number of allylic oxidation sites excluding steroid dienone is 2. The van der Waals surface area contributed by atoms with Gasteiger partial charge in [0.1, 0.15) is 6.10 Å². The lowest BCUT2D eigenvalue weighted by Crippen LogP contribution is -2.24. The lowest BCUT2D eigenvalue weighted by molar-refractivity contribution is -0.139. The van der Waals surface area contributed by atoms with Gasteiger partial charge in [0.15, 0.2) is 0 Å². The fourth-order valence-corrected chi connectivity index (χ4v) is 3.39. The smallest absolute Gasteiger partial charge is 0.334 e. The molecule has 0 saturated heterocycles. The molecule has 3 heteroatoms. The molecule has 0 amide bonds. The zero-order valence-corrected chi connectivity index (χ0v) is 15.8. The molecule has 0 aromatic carbocycles. The first kappa shape index (κ1) is 19.0. The molecule has 0 radical (unpaired) electrons. The number of esters is 1. The third-order valence-corrected chi connectivity index (χ3v) is 5.33. The SMILES string of the molecule is COC1(C)C=CC(C(C)C)CCC2=CC(CC(C)=CCC1)OC2=O. The molecule has 3 unspecified atom stereocenters. The predicted molar refractivity (Wildman–Crippen MR) is 97.7 cm³/mol. The highest BCUT2D eigenvalue weighted by atomic mass is 16.5. The molecule has 0 aromatic rings. The van der Waals surface area contributed by atoms with E-state index in [4.69, 9.17) is 9.47 Å². The molecule has 24 heavy (non-hydrogen) atoms. The fourth-order valence-electron chi connectivity index (χ4n) is 3.39. The van der Waals surface area contributed by atoms with Gasteiger partial charge in [0.25, 0.3) is 0 Å². The Balaban J connectivity index is 2.24. The van der Waals surface area contributed by atoms with E-state index in [2.05, 4.69) is 45.9 Å². The van der Waals surface area contributed by atoms with E-state index in [1.54, 1.807) is 7.11 Å². The summed E-state index contributed by atoms with van der Waals surface area (Å²) in [5.74, 6) is 0.842. The number of rotatable bonds is 2. The highest BCUT2D eigenvalue weighted by Crippen LogP contribution is 2.29. The molecule has 1 aliphatic carbocycles. The minimum Gasteiger partial charge on any atom is -0.454 e. The van der Waals surface area contributed by atoms with Crippen LogP contribution in [-0.2, 0) is 14.3 Å². The van der Waals surface area contributed by atoms with E-state index in [0.29, 0.717) is 11.8 Å². The second-order valence-corrected chi connectivity index (χ2v) is 7.75. The Labute approximate surface area is 146 Å². The zero-order valence-electron chi connectivity index (χ0n) is 15.8. The quantitative estimate of drug-likeness (QED) is 0.528. The van der Waals surface area contributed by atoms with Crippen molar-refractivity contribution in [3.8, 4) is 0 Å². The van der Waals surface area contributed by atoms with Crippen molar-refractivity contribution in [2.45, 2.75) is 71.5 Å². The van der Waals surface area contributed by atoms with Crippen molar-refractivity contribution in [1.29, 1.82) is 0 Å². The maximum Gasteiger partial charge on any atom is 0.334 e. The van der Waals surface area contributed by atoms with Gasteiger partial charge >= 0.3 is 5.97 Å². The summed E-state index contributed by atoms with van der Waals surface area (Å²) in [5.41, 5.74) is 1.88. The molecule has 0 N–H and O–H groups in total. The summed E-state index contributed by atoms with van der Waals surface area (Å²) in [6, 6.07) is 0. The second-order valence-electron chi connectivity index (χ2n) is 7.75. The third-order valence-electron chi connectivity index (χ3n) is 5.33. The molecule has 0 spiro atoms. The van der Waals surface area contributed by atoms with Crippen LogP contribution in [-0.4, -0.2) is 24.8 Å². The minimum atomic E-state index is -0.237. The second kappa shape index (κ2) is 8.15. The summed E-state index contributed by atoms with van der Waals surface area (Å²) >= 11 is 0. The number of ether oxygens (including phenoxy) is 2. The van der Waals surface area contributed by atoms with Crippen LogP contribution in [0.25, 0.3) is 0 Å². The maximum atomic E-state index is 12.1. The van der Waals surface area contributed by atoms with E-state index in [1.807, 2.05) is 6.08 Å². The van der Waals surface area contributed by atoms with Gasteiger partial charge in [-0.2, -0.15) is 0 Å².